The third-order valence-electron chi connectivity index (χ3n) is 4.16. The van der Waals surface area contributed by atoms with Crippen LogP contribution in [0, 0.1) is 5.41 Å². The normalized spacial score (nSPS) is 16.7. The zero-order valence-electron chi connectivity index (χ0n) is 11.4. The molecule has 0 bridgehead atoms. The van der Waals surface area contributed by atoms with E-state index in [-0.39, 0.29) is 11.3 Å². The summed E-state index contributed by atoms with van der Waals surface area (Å²) < 4.78 is 0. The van der Waals surface area contributed by atoms with Crippen molar-refractivity contribution in [2.75, 3.05) is 6.54 Å². The van der Waals surface area contributed by atoms with Crippen LogP contribution in [0.3, 0.4) is 0 Å². The molecule has 0 spiro atoms. The Hall–Kier alpha value is -1.61. The highest BCUT2D eigenvalue weighted by Gasteiger charge is 2.32. The number of amides is 1. The van der Waals surface area contributed by atoms with Crippen LogP contribution in [0.5, 0.6) is 0 Å². The van der Waals surface area contributed by atoms with Gasteiger partial charge in [0.25, 0.3) is 5.91 Å². The standard InChI is InChI=1S/C16H17ClN2O/c1-16(7-4-8-16)10-18-15(20)13-9-11-5-2-3-6-12(11)14(17)19-13/h2-3,5-6,9H,4,7-8,10H2,1H3,(H,18,20). The molecule has 20 heavy (non-hydrogen) atoms. The molecule has 1 heterocycles. The lowest BCUT2D eigenvalue weighted by molar-refractivity contribution is 0.0886. The highest BCUT2D eigenvalue weighted by molar-refractivity contribution is 6.34. The van der Waals surface area contributed by atoms with Crippen molar-refractivity contribution in [2.45, 2.75) is 26.2 Å². The number of fused-ring (bicyclic) bond motifs is 1. The van der Waals surface area contributed by atoms with Crippen LogP contribution in [0.1, 0.15) is 36.7 Å². The van der Waals surface area contributed by atoms with Gasteiger partial charge in [0.15, 0.2) is 0 Å². The van der Waals surface area contributed by atoms with Crippen molar-refractivity contribution in [3.63, 3.8) is 0 Å². The van der Waals surface area contributed by atoms with E-state index in [1.54, 1.807) is 6.07 Å². The maximum atomic E-state index is 12.2. The number of carbonyl (C=O) groups is 1. The van der Waals surface area contributed by atoms with Gasteiger partial charge in [-0.25, -0.2) is 4.98 Å². The van der Waals surface area contributed by atoms with E-state index in [0.717, 1.165) is 10.8 Å². The lowest BCUT2D eigenvalue weighted by Gasteiger charge is -2.38. The van der Waals surface area contributed by atoms with E-state index in [4.69, 9.17) is 11.6 Å². The van der Waals surface area contributed by atoms with E-state index < -0.39 is 0 Å². The molecule has 1 aliphatic carbocycles. The fourth-order valence-corrected chi connectivity index (χ4v) is 2.88. The van der Waals surface area contributed by atoms with Gasteiger partial charge in [-0.15, -0.1) is 0 Å². The number of nitrogens with one attached hydrogen (secondary N) is 1. The summed E-state index contributed by atoms with van der Waals surface area (Å²) in [6.07, 6.45) is 3.62. The molecule has 0 aliphatic heterocycles. The second-order valence-corrected chi connectivity index (χ2v) is 6.22. The predicted octanol–water partition coefficient (Wildman–Crippen LogP) is 3.81. The average molecular weight is 289 g/mol. The zero-order valence-corrected chi connectivity index (χ0v) is 12.2. The average Bonchev–Trinajstić information content (AvgIpc) is 2.42. The van der Waals surface area contributed by atoms with Crippen molar-refractivity contribution in [3.8, 4) is 0 Å². The van der Waals surface area contributed by atoms with Crippen molar-refractivity contribution in [3.05, 3.63) is 41.2 Å². The van der Waals surface area contributed by atoms with Crippen LogP contribution in [-0.2, 0) is 0 Å². The fourth-order valence-electron chi connectivity index (χ4n) is 2.61. The monoisotopic (exact) mass is 288 g/mol. The molecule has 0 atom stereocenters. The minimum absolute atomic E-state index is 0.147. The Morgan fingerprint density at radius 3 is 2.85 bits per heavy atom. The van der Waals surface area contributed by atoms with Crippen molar-refractivity contribution in [2.24, 2.45) is 5.41 Å². The van der Waals surface area contributed by atoms with Crippen molar-refractivity contribution in [1.29, 1.82) is 0 Å². The number of benzene rings is 1. The molecule has 0 saturated heterocycles. The molecular weight excluding hydrogens is 272 g/mol. The van der Waals surface area contributed by atoms with Gasteiger partial charge in [-0.05, 0) is 29.7 Å². The van der Waals surface area contributed by atoms with Gasteiger partial charge in [-0.1, -0.05) is 49.2 Å². The smallest absolute Gasteiger partial charge is 0.269 e. The summed E-state index contributed by atoms with van der Waals surface area (Å²) in [5, 5.41) is 5.16. The Bertz CT molecular complexity index is 665. The first-order chi connectivity index (χ1) is 9.57. The number of carbonyl (C=O) groups excluding carboxylic acids is 1. The van der Waals surface area contributed by atoms with E-state index >= 15 is 0 Å². The van der Waals surface area contributed by atoms with Crippen LogP contribution >= 0.6 is 11.6 Å². The Morgan fingerprint density at radius 2 is 2.15 bits per heavy atom. The Morgan fingerprint density at radius 1 is 1.40 bits per heavy atom. The maximum Gasteiger partial charge on any atom is 0.269 e. The van der Waals surface area contributed by atoms with Crippen LogP contribution in [0.4, 0.5) is 0 Å². The van der Waals surface area contributed by atoms with E-state index in [1.165, 1.54) is 19.3 Å². The molecule has 3 rings (SSSR count). The first-order valence-corrected chi connectivity index (χ1v) is 7.29. The molecule has 0 unspecified atom stereocenters. The number of nitrogens with zero attached hydrogens (tertiary/aromatic N) is 1. The summed E-state index contributed by atoms with van der Waals surface area (Å²) >= 11 is 6.14. The second-order valence-electron chi connectivity index (χ2n) is 5.87. The molecule has 1 aromatic heterocycles. The van der Waals surface area contributed by atoms with Gasteiger partial charge in [-0.2, -0.15) is 0 Å². The molecule has 1 aliphatic rings. The van der Waals surface area contributed by atoms with Crippen molar-refractivity contribution in [1.82, 2.24) is 10.3 Å². The molecule has 104 valence electrons. The summed E-state index contributed by atoms with van der Waals surface area (Å²) in [4.78, 5) is 16.4. The van der Waals surface area contributed by atoms with Gasteiger partial charge in [-0.3, -0.25) is 4.79 Å². The number of hydrogen-bond acceptors (Lipinski definition) is 2. The van der Waals surface area contributed by atoms with Gasteiger partial charge in [0.05, 0.1) is 0 Å². The van der Waals surface area contributed by atoms with Gasteiger partial charge in [0, 0.05) is 11.9 Å². The first kappa shape index (κ1) is 13.4. The number of halogens is 1. The molecule has 0 radical (unpaired) electrons. The highest BCUT2D eigenvalue weighted by atomic mass is 35.5. The molecule has 2 aromatic rings. The molecule has 1 N–H and O–H groups in total. The predicted molar refractivity (Wildman–Crippen MR) is 81.0 cm³/mol. The number of aromatic nitrogens is 1. The topological polar surface area (TPSA) is 42.0 Å². The van der Waals surface area contributed by atoms with Crippen LogP contribution in [0.2, 0.25) is 5.15 Å². The van der Waals surface area contributed by atoms with Gasteiger partial charge in [0.1, 0.15) is 10.8 Å². The summed E-state index contributed by atoms with van der Waals surface area (Å²) in [5.41, 5.74) is 0.646. The third-order valence-corrected chi connectivity index (χ3v) is 4.45. The van der Waals surface area contributed by atoms with Crippen molar-refractivity contribution < 1.29 is 4.79 Å². The maximum absolute atomic E-state index is 12.2. The Kier molecular flexibility index (Phi) is 3.38. The zero-order chi connectivity index (χ0) is 14.2. The SMILES string of the molecule is CC1(CNC(=O)c2cc3ccccc3c(Cl)n2)CCC1. The second kappa shape index (κ2) is 5.06. The largest absolute Gasteiger partial charge is 0.350 e. The highest BCUT2D eigenvalue weighted by Crippen LogP contribution is 2.39. The number of rotatable bonds is 3. The quantitative estimate of drug-likeness (QED) is 0.873. The van der Waals surface area contributed by atoms with Gasteiger partial charge in [0.2, 0.25) is 0 Å². The molecule has 1 fully saturated rings. The first-order valence-electron chi connectivity index (χ1n) is 6.91. The third kappa shape index (κ3) is 2.50. The van der Waals surface area contributed by atoms with Gasteiger partial charge >= 0.3 is 0 Å². The lowest BCUT2D eigenvalue weighted by Crippen LogP contribution is -2.40. The molecular formula is C16H17ClN2O. The summed E-state index contributed by atoms with van der Waals surface area (Å²) in [5.74, 6) is -0.147. The Balaban J connectivity index is 1.80. The molecule has 1 aromatic carbocycles. The molecule has 1 saturated carbocycles. The Labute approximate surface area is 123 Å². The fraction of sp³-hybridized carbons (Fsp3) is 0.375. The molecule has 3 nitrogen and oxygen atoms in total. The summed E-state index contributed by atoms with van der Waals surface area (Å²) in [6, 6.07) is 9.47. The summed E-state index contributed by atoms with van der Waals surface area (Å²) in [7, 11) is 0. The minimum Gasteiger partial charge on any atom is -0.350 e. The van der Waals surface area contributed by atoms with Crippen LogP contribution in [-0.4, -0.2) is 17.4 Å². The van der Waals surface area contributed by atoms with Crippen molar-refractivity contribution >= 4 is 28.3 Å². The van der Waals surface area contributed by atoms with Gasteiger partial charge < -0.3 is 5.32 Å². The van der Waals surface area contributed by atoms with E-state index in [0.29, 0.717) is 17.4 Å². The number of hydrogen-bond donors (Lipinski definition) is 1. The molecule has 1 amide bonds. The van der Waals surface area contributed by atoms with E-state index in [2.05, 4.69) is 17.2 Å². The lowest BCUT2D eigenvalue weighted by atomic mass is 9.70. The number of pyridine rings is 1. The van der Waals surface area contributed by atoms with Crippen LogP contribution < -0.4 is 5.32 Å². The summed E-state index contributed by atoms with van der Waals surface area (Å²) in [6.45, 7) is 2.91. The van der Waals surface area contributed by atoms with Crippen LogP contribution in [0.25, 0.3) is 10.8 Å². The van der Waals surface area contributed by atoms with E-state index in [9.17, 15) is 4.79 Å². The minimum atomic E-state index is -0.147. The molecule has 4 heteroatoms. The van der Waals surface area contributed by atoms with Crippen LogP contribution in [0.15, 0.2) is 30.3 Å². The van der Waals surface area contributed by atoms with E-state index in [1.807, 2.05) is 24.3 Å².